The Morgan fingerprint density at radius 3 is 2.41 bits per heavy atom. The first kappa shape index (κ1) is 24.3. The van der Waals surface area contributed by atoms with E-state index in [2.05, 4.69) is 9.80 Å². The van der Waals surface area contributed by atoms with Crippen LogP contribution in [0, 0.1) is 12.7 Å². The van der Waals surface area contributed by atoms with Crippen LogP contribution in [0.2, 0.25) is 0 Å². The first-order valence-corrected chi connectivity index (χ1v) is 11.9. The Bertz CT molecular complexity index is 1070. The summed E-state index contributed by atoms with van der Waals surface area (Å²) in [5.41, 5.74) is 3.42. The lowest BCUT2D eigenvalue weighted by Gasteiger charge is -2.37. The Hall–Kier alpha value is -2.87. The molecule has 0 aliphatic carbocycles. The molecule has 1 aliphatic heterocycles. The summed E-state index contributed by atoms with van der Waals surface area (Å²) in [5.74, 6) is 1.33. The van der Waals surface area contributed by atoms with Crippen molar-refractivity contribution in [2.24, 2.45) is 0 Å². The van der Waals surface area contributed by atoms with Crippen LogP contribution >= 0.6 is 0 Å². The largest absolute Gasteiger partial charge is 0.389 e. The van der Waals surface area contributed by atoms with Gasteiger partial charge < -0.3 is 14.7 Å². The van der Waals surface area contributed by atoms with Gasteiger partial charge in [0.1, 0.15) is 11.6 Å². The lowest BCUT2D eigenvalue weighted by Crippen LogP contribution is -2.49. The summed E-state index contributed by atoms with van der Waals surface area (Å²) in [5, 5.41) is 10.2. The Labute approximate surface area is 201 Å². The lowest BCUT2D eigenvalue weighted by atomic mass is 10.0. The van der Waals surface area contributed by atoms with Crippen LogP contribution in [0.25, 0.3) is 11.4 Å². The van der Waals surface area contributed by atoms with Crippen LogP contribution in [-0.4, -0.2) is 72.0 Å². The normalized spacial score (nSPS) is 15.5. The van der Waals surface area contributed by atoms with Gasteiger partial charge in [0.15, 0.2) is 5.82 Å². The van der Waals surface area contributed by atoms with Crippen molar-refractivity contribution in [2.45, 2.75) is 26.4 Å². The highest BCUT2D eigenvalue weighted by Crippen LogP contribution is 2.29. The summed E-state index contributed by atoms with van der Waals surface area (Å²) in [4.78, 5) is 14.3. The average molecular weight is 465 g/mol. The molecule has 180 valence electrons. The molecule has 0 spiro atoms. The Morgan fingerprint density at radius 1 is 1.00 bits per heavy atom. The smallest absolute Gasteiger partial charge is 0.161 e. The van der Waals surface area contributed by atoms with Crippen molar-refractivity contribution < 1.29 is 14.2 Å². The van der Waals surface area contributed by atoms with Crippen LogP contribution < -0.4 is 4.90 Å². The van der Waals surface area contributed by atoms with E-state index in [4.69, 9.17) is 14.7 Å². The molecule has 6 nitrogen and oxygen atoms in total. The number of aliphatic hydroxyl groups excluding tert-OH is 1. The molecule has 1 saturated heterocycles. The number of β-amino-alcohol motifs (C(OH)–C–C–N with tert-alkyl or cyclic N) is 1. The summed E-state index contributed by atoms with van der Waals surface area (Å²) in [6.45, 7) is 8.63. The predicted octanol–water partition coefficient (Wildman–Crippen LogP) is 3.70. The third-order valence-electron chi connectivity index (χ3n) is 6.20. The van der Waals surface area contributed by atoms with Gasteiger partial charge in [-0.15, -0.1) is 0 Å². The van der Waals surface area contributed by atoms with Gasteiger partial charge in [-0.25, -0.2) is 14.4 Å². The van der Waals surface area contributed by atoms with Gasteiger partial charge in [0.2, 0.25) is 0 Å². The van der Waals surface area contributed by atoms with Crippen molar-refractivity contribution in [2.75, 3.05) is 50.8 Å². The van der Waals surface area contributed by atoms with Crippen LogP contribution in [-0.2, 0) is 11.2 Å². The van der Waals surface area contributed by atoms with E-state index in [1.54, 1.807) is 6.07 Å². The number of hydrogen-bond donors (Lipinski definition) is 1. The molecule has 1 N–H and O–H groups in total. The van der Waals surface area contributed by atoms with E-state index in [1.807, 2.05) is 56.3 Å². The molecule has 0 saturated carbocycles. The topological polar surface area (TPSA) is 61.7 Å². The molecular weight excluding hydrogens is 431 g/mol. The highest BCUT2D eigenvalue weighted by molar-refractivity contribution is 5.61. The number of piperazine rings is 1. The number of halogens is 1. The fourth-order valence-electron chi connectivity index (χ4n) is 4.34. The number of nitrogens with zero attached hydrogens (tertiary/aromatic N) is 4. The van der Waals surface area contributed by atoms with Crippen molar-refractivity contribution in [3.63, 3.8) is 0 Å². The van der Waals surface area contributed by atoms with E-state index in [0.717, 1.165) is 48.8 Å². The standard InChI is InChI=1S/C27H33FN4O2/c1-3-34-19-23(33)18-31-13-15-32(16-14-31)27-24(17-22-11-7-8-12-25(22)28)20(2)29-26(30-27)21-9-5-4-6-10-21/h4-12,23,33H,3,13-19H2,1-2H3/t23-/m0/s1. The van der Waals surface area contributed by atoms with Crippen LogP contribution in [0.3, 0.4) is 0 Å². The second-order valence-electron chi connectivity index (χ2n) is 8.67. The minimum absolute atomic E-state index is 0.215. The molecule has 4 rings (SSSR count). The molecule has 7 heteroatoms. The Morgan fingerprint density at radius 2 is 1.71 bits per heavy atom. The Kier molecular flexibility index (Phi) is 8.21. The molecule has 1 fully saturated rings. The van der Waals surface area contributed by atoms with Crippen molar-refractivity contribution in [3.05, 3.63) is 77.2 Å². The molecule has 0 amide bonds. The zero-order valence-corrected chi connectivity index (χ0v) is 20.0. The number of hydrogen-bond acceptors (Lipinski definition) is 6. The number of rotatable bonds is 9. The molecule has 1 aromatic heterocycles. The van der Waals surface area contributed by atoms with E-state index in [9.17, 15) is 9.50 Å². The van der Waals surface area contributed by atoms with Crippen molar-refractivity contribution >= 4 is 5.82 Å². The average Bonchev–Trinajstić information content (AvgIpc) is 2.86. The molecule has 0 radical (unpaired) electrons. The maximum atomic E-state index is 14.5. The van der Waals surface area contributed by atoms with Crippen molar-refractivity contribution in [1.82, 2.24) is 14.9 Å². The van der Waals surface area contributed by atoms with Gasteiger partial charge in [0.05, 0.1) is 12.7 Å². The first-order valence-electron chi connectivity index (χ1n) is 11.9. The minimum atomic E-state index is -0.492. The van der Waals surface area contributed by atoms with Crippen molar-refractivity contribution in [1.29, 1.82) is 0 Å². The SMILES string of the molecule is CCOC[C@@H](O)CN1CCN(c2nc(-c3ccccc3)nc(C)c2Cc2ccccc2F)CC1. The number of benzene rings is 2. The molecular formula is C27H33FN4O2. The summed E-state index contributed by atoms with van der Waals surface area (Å²) in [6, 6.07) is 16.8. The molecule has 34 heavy (non-hydrogen) atoms. The van der Waals surface area contributed by atoms with E-state index in [-0.39, 0.29) is 5.82 Å². The van der Waals surface area contributed by atoms with Crippen LogP contribution in [0.5, 0.6) is 0 Å². The molecule has 2 heterocycles. The van der Waals surface area contributed by atoms with Gasteiger partial charge in [-0.05, 0) is 25.5 Å². The molecule has 0 unspecified atom stereocenters. The molecule has 1 aliphatic rings. The molecule has 0 bridgehead atoms. The first-order chi connectivity index (χ1) is 16.5. The van der Waals surface area contributed by atoms with Crippen LogP contribution in [0.15, 0.2) is 54.6 Å². The van der Waals surface area contributed by atoms with E-state index in [1.165, 1.54) is 6.07 Å². The van der Waals surface area contributed by atoms with Gasteiger partial charge >= 0.3 is 0 Å². The maximum absolute atomic E-state index is 14.5. The van der Waals surface area contributed by atoms with E-state index < -0.39 is 6.10 Å². The highest BCUT2D eigenvalue weighted by Gasteiger charge is 2.24. The maximum Gasteiger partial charge on any atom is 0.161 e. The number of aliphatic hydroxyl groups is 1. The molecule has 2 aromatic carbocycles. The number of ether oxygens (including phenoxy) is 1. The third kappa shape index (κ3) is 5.97. The van der Waals surface area contributed by atoms with Crippen LogP contribution in [0.1, 0.15) is 23.7 Å². The number of anilines is 1. The minimum Gasteiger partial charge on any atom is -0.389 e. The highest BCUT2D eigenvalue weighted by atomic mass is 19.1. The molecule has 3 aromatic rings. The van der Waals surface area contributed by atoms with Crippen molar-refractivity contribution in [3.8, 4) is 11.4 Å². The van der Waals surface area contributed by atoms with Gasteiger partial charge in [-0.2, -0.15) is 0 Å². The summed E-state index contributed by atoms with van der Waals surface area (Å²) < 4.78 is 19.8. The van der Waals surface area contributed by atoms with E-state index >= 15 is 0 Å². The van der Waals surface area contributed by atoms with E-state index in [0.29, 0.717) is 37.6 Å². The Balaban J connectivity index is 1.59. The van der Waals surface area contributed by atoms with Crippen LogP contribution in [0.4, 0.5) is 10.2 Å². The van der Waals surface area contributed by atoms with Gasteiger partial charge in [-0.3, -0.25) is 4.90 Å². The third-order valence-corrected chi connectivity index (χ3v) is 6.20. The van der Waals surface area contributed by atoms with Gasteiger partial charge in [-0.1, -0.05) is 48.5 Å². The zero-order chi connectivity index (χ0) is 23.9. The summed E-state index contributed by atoms with van der Waals surface area (Å²) >= 11 is 0. The summed E-state index contributed by atoms with van der Waals surface area (Å²) in [6.07, 6.45) is -0.0509. The zero-order valence-electron chi connectivity index (χ0n) is 20.0. The summed E-state index contributed by atoms with van der Waals surface area (Å²) in [7, 11) is 0. The quantitative estimate of drug-likeness (QED) is 0.521. The number of aromatic nitrogens is 2. The predicted molar refractivity (Wildman–Crippen MR) is 133 cm³/mol. The monoisotopic (exact) mass is 464 g/mol. The van der Waals surface area contributed by atoms with Gasteiger partial charge in [0.25, 0.3) is 0 Å². The number of aryl methyl sites for hydroxylation is 1. The van der Waals surface area contributed by atoms with Gasteiger partial charge in [0, 0.05) is 62.6 Å². The molecule has 1 atom stereocenters. The fraction of sp³-hybridized carbons (Fsp3) is 0.407. The lowest BCUT2D eigenvalue weighted by molar-refractivity contribution is 0.0202. The second kappa shape index (κ2) is 11.5. The fourth-order valence-corrected chi connectivity index (χ4v) is 4.34. The second-order valence-corrected chi connectivity index (χ2v) is 8.67.